The number of aliphatic hydroxyl groups excluding tert-OH is 1. The summed E-state index contributed by atoms with van der Waals surface area (Å²) in [7, 11) is 0. The quantitative estimate of drug-likeness (QED) is 0.751. The molecule has 0 spiro atoms. The van der Waals surface area contributed by atoms with E-state index < -0.39 is 6.10 Å². The molecular weight excluding hydrogens is 278 g/mol. The van der Waals surface area contributed by atoms with Gasteiger partial charge in [-0.15, -0.1) is 13.2 Å². The SMILES string of the molecule is C=CC[C@@H](CN1C(=O)OC[C@H]1Cc1ccccc1)[C@@H](O)C=C. The second kappa shape index (κ2) is 7.80. The van der Waals surface area contributed by atoms with E-state index in [4.69, 9.17) is 4.74 Å². The topological polar surface area (TPSA) is 49.8 Å². The van der Waals surface area contributed by atoms with Crippen LogP contribution in [0.4, 0.5) is 4.79 Å². The average Bonchev–Trinajstić information content (AvgIpc) is 2.87. The second-order valence-corrected chi connectivity index (χ2v) is 5.58. The third kappa shape index (κ3) is 3.98. The monoisotopic (exact) mass is 301 g/mol. The third-order valence-electron chi connectivity index (χ3n) is 4.01. The van der Waals surface area contributed by atoms with Gasteiger partial charge in [-0.2, -0.15) is 0 Å². The van der Waals surface area contributed by atoms with Crippen LogP contribution in [-0.2, 0) is 11.2 Å². The van der Waals surface area contributed by atoms with Gasteiger partial charge in [0.2, 0.25) is 0 Å². The van der Waals surface area contributed by atoms with Crippen LogP contribution >= 0.6 is 0 Å². The van der Waals surface area contributed by atoms with Crippen LogP contribution in [0.2, 0.25) is 0 Å². The van der Waals surface area contributed by atoms with Crippen molar-refractivity contribution in [2.45, 2.75) is 25.0 Å². The van der Waals surface area contributed by atoms with E-state index in [1.54, 1.807) is 11.0 Å². The molecule has 4 nitrogen and oxygen atoms in total. The highest BCUT2D eigenvalue weighted by Gasteiger charge is 2.35. The van der Waals surface area contributed by atoms with Crippen molar-refractivity contribution in [2.24, 2.45) is 5.92 Å². The van der Waals surface area contributed by atoms with Crippen molar-refractivity contribution in [1.82, 2.24) is 4.90 Å². The second-order valence-electron chi connectivity index (χ2n) is 5.58. The zero-order valence-corrected chi connectivity index (χ0v) is 12.7. The molecule has 0 aliphatic carbocycles. The highest BCUT2D eigenvalue weighted by molar-refractivity contribution is 5.70. The number of carbonyl (C=O) groups excluding carboxylic acids is 1. The van der Waals surface area contributed by atoms with Gasteiger partial charge in [-0.05, 0) is 18.4 Å². The summed E-state index contributed by atoms with van der Waals surface area (Å²) in [6.07, 6.45) is 3.65. The Balaban J connectivity index is 2.06. The van der Waals surface area contributed by atoms with Crippen molar-refractivity contribution in [3.63, 3.8) is 0 Å². The molecule has 0 radical (unpaired) electrons. The van der Waals surface area contributed by atoms with Crippen molar-refractivity contribution in [3.05, 3.63) is 61.2 Å². The minimum absolute atomic E-state index is 0.000712. The minimum Gasteiger partial charge on any atom is -0.447 e. The first-order valence-corrected chi connectivity index (χ1v) is 7.54. The summed E-state index contributed by atoms with van der Waals surface area (Å²) < 4.78 is 5.20. The number of carbonyl (C=O) groups is 1. The fourth-order valence-electron chi connectivity index (χ4n) is 2.75. The van der Waals surface area contributed by atoms with Gasteiger partial charge in [-0.25, -0.2) is 4.79 Å². The normalized spacial score (nSPS) is 20.3. The molecule has 1 amide bonds. The van der Waals surface area contributed by atoms with Gasteiger partial charge in [0, 0.05) is 12.5 Å². The first-order chi connectivity index (χ1) is 10.7. The highest BCUT2D eigenvalue weighted by atomic mass is 16.6. The predicted molar refractivity (Wildman–Crippen MR) is 86.5 cm³/mol. The first kappa shape index (κ1) is 16.3. The van der Waals surface area contributed by atoms with E-state index >= 15 is 0 Å². The zero-order chi connectivity index (χ0) is 15.9. The summed E-state index contributed by atoms with van der Waals surface area (Å²) in [6, 6.07) is 10.0. The van der Waals surface area contributed by atoms with E-state index in [0.29, 0.717) is 19.6 Å². The molecule has 2 rings (SSSR count). The molecule has 118 valence electrons. The maximum absolute atomic E-state index is 12.0. The molecule has 0 unspecified atom stereocenters. The molecule has 0 aromatic heterocycles. The summed E-state index contributed by atoms with van der Waals surface area (Å²) in [5.41, 5.74) is 1.17. The number of hydrogen-bond donors (Lipinski definition) is 1. The Morgan fingerprint density at radius 1 is 1.36 bits per heavy atom. The van der Waals surface area contributed by atoms with Gasteiger partial charge in [0.25, 0.3) is 0 Å². The lowest BCUT2D eigenvalue weighted by molar-refractivity contribution is 0.113. The Morgan fingerprint density at radius 2 is 2.09 bits per heavy atom. The number of nitrogens with zero attached hydrogens (tertiary/aromatic N) is 1. The summed E-state index contributed by atoms with van der Waals surface area (Å²) in [4.78, 5) is 13.7. The van der Waals surface area contributed by atoms with Gasteiger partial charge in [0.05, 0.1) is 12.1 Å². The summed E-state index contributed by atoms with van der Waals surface area (Å²) in [5, 5.41) is 10.0. The van der Waals surface area contributed by atoms with Crippen LogP contribution in [0, 0.1) is 5.92 Å². The molecule has 4 heteroatoms. The number of amides is 1. The molecule has 1 aliphatic rings. The van der Waals surface area contributed by atoms with Crippen molar-refractivity contribution in [3.8, 4) is 0 Å². The molecule has 1 N–H and O–H groups in total. The number of benzene rings is 1. The molecule has 0 saturated carbocycles. The van der Waals surface area contributed by atoms with Gasteiger partial charge in [-0.3, -0.25) is 0 Å². The molecule has 22 heavy (non-hydrogen) atoms. The molecule has 1 aromatic carbocycles. The number of ether oxygens (including phenoxy) is 1. The van der Waals surface area contributed by atoms with Gasteiger partial charge < -0.3 is 14.7 Å². The Hall–Kier alpha value is -2.07. The Labute approximate surface area is 131 Å². The van der Waals surface area contributed by atoms with Crippen LogP contribution in [0.25, 0.3) is 0 Å². The van der Waals surface area contributed by atoms with Crippen LogP contribution in [0.1, 0.15) is 12.0 Å². The lowest BCUT2D eigenvalue weighted by Gasteiger charge is -2.28. The molecule has 1 heterocycles. The Bertz CT molecular complexity index is 514. The molecule has 1 aromatic rings. The minimum atomic E-state index is -0.663. The van der Waals surface area contributed by atoms with Crippen molar-refractivity contribution < 1.29 is 14.6 Å². The third-order valence-corrected chi connectivity index (χ3v) is 4.01. The van der Waals surface area contributed by atoms with Crippen molar-refractivity contribution in [2.75, 3.05) is 13.2 Å². The van der Waals surface area contributed by atoms with Crippen molar-refractivity contribution in [1.29, 1.82) is 0 Å². The Kier molecular flexibility index (Phi) is 5.78. The Morgan fingerprint density at radius 3 is 2.73 bits per heavy atom. The number of rotatable bonds is 8. The summed E-state index contributed by atoms with van der Waals surface area (Å²) in [5.74, 6) is -0.112. The predicted octanol–water partition coefficient (Wildman–Crippen LogP) is 2.79. The van der Waals surface area contributed by atoms with Crippen LogP contribution in [-0.4, -0.2) is 41.4 Å². The molecule has 3 atom stereocenters. The van der Waals surface area contributed by atoms with Crippen molar-refractivity contribution >= 4 is 6.09 Å². The van der Waals surface area contributed by atoms with Gasteiger partial charge in [0.15, 0.2) is 0 Å². The maximum Gasteiger partial charge on any atom is 0.410 e. The van der Waals surface area contributed by atoms with Crippen LogP contribution in [0.3, 0.4) is 0 Å². The zero-order valence-electron chi connectivity index (χ0n) is 12.7. The van der Waals surface area contributed by atoms with E-state index in [0.717, 1.165) is 6.42 Å². The molecule has 0 bridgehead atoms. The van der Waals surface area contributed by atoms with E-state index in [-0.39, 0.29) is 18.1 Å². The highest BCUT2D eigenvalue weighted by Crippen LogP contribution is 2.22. The van der Waals surface area contributed by atoms with Gasteiger partial charge >= 0.3 is 6.09 Å². The smallest absolute Gasteiger partial charge is 0.410 e. The fraction of sp³-hybridized carbons (Fsp3) is 0.389. The number of aliphatic hydroxyl groups is 1. The number of hydrogen-bond acceptors (Lipinski definition) is 3. The first-order valence-electron chi connectivity index (χ1n) is 7.54. The lowest BCUT2D eigenvalue weighted by Crippen LogP contribution is -2.41. The van der Waals surface area contributed by atoms with Crippen LogP contribution < -0.4 is 0 Å². The van der Waals surface area contributed by atoms with E-state index in [1.807, 2.05) is 30.3 Å². The maximum atomic E-state index is 12.0. The standard InChI is InChI=1S/C18H23NO3/c1-3-8-15(17(20)4-2)12-19-16(13-22-18(19)21)11-14-9-6-5-7-10-14/h3-7,9-10,15-17,20H,1-2,8,11-13H2/t15-,16+,17-/m0/s1. The van der Waals surface area contributed by atoms with Gasteiger partial charge in [-0.1, -0.05) is 42.5 Å². The van der Waals surface area contributed by atoms with E-state index in [1.165, 1.54) is 11.6 Å². The largest absolute Gasteiger partial charge is 0.447 e. The van der Waals surface area contributed by atoms with Crippen LogP contribution in [0.5, 0.6) is 0 Å². The molecule has 1 saturated heterocycles. The molecular formula is C18H23NO3. The molecule has 1 aliphatic heterocycles. The summed E-state index contributed by atoms with van der Waals surface area (Å²) >= 11 is 0. The average molecular weight is 301 g/mol. The van der Waals surface area contributed by atoms with E-state index in [2.05, 4.69) is 13.2 Å². The van der Waals surface area contributed by atoms with Gasteiger partial charge in [0.1, 0.15) is 6.61 Å². The lowest BCUT2D eigenvalue weighted by atomic mass is 9.96. The fourth-order valence-corrected chi connectivity index (χ4v) is 2.75. The summed E-state index contributed by atoms with van der Waals surface area (Å²) in [6.45, 7) is 8.17. The number of allylic oxidation sites excluding steroid dienone is 1. The van der Waals surface area contributed by atoms with E-state index in [9.17, 15) is 9.90 Å². The molecule has 1 fully saturated rings. The number of cyclic esters (lactones) is 1. The van der Waals surface area contributed by atoms with Crippen LogP contribution in [0.15, 0.2) is 55.6 Å².